The van der Waals surface area contributed by atoms with Gasteiger partial charge in [0.05, 0.1) is 18.2 Å². The normalized spacial score (nSPS) is 17.6. The van der Waals surface area contributed by atoms with Crippen molar-refractivity contribution in [3.05, 3.63) is 22.7 Å². The van der Waals surface area contributed by atoms with Gasteiger partial charge in [-0.15, -0.1) is 0 Å². The van der Waals surface area contributed by atoms with Crippen molar-refractivity contribution >= 4 is 27.5 Å². The largest absolute Gasteiger partial charge is 0.497 e. The Hall–Kier alpha value is -1.07. The summed E-state index contributed by atoms with van der Waals surface area (Å²) in [4.78, 5) is 12.7. The Morgan fingerprint density at radius 3 is 2.75 bits per heavy atom. The van der Waals surface area contributed by atoms with Gasteiger partial charge in [0.15, 0.2) is 0 Å². The number of piperidine rings is 1. The molecule has 0 bridgehead atoms. The molecule has 1 aromatic carbocycles. The van der Waals surface area contributed by atoms with Crippen LogP contribution in [0.1, 0.15) is 26.2 Å². The van der Waals surface area contributed by atoms with Gasteiger partial charge in [-0.2, -0.15) is 0 Å². The number of benzene rings is 1. The van der Waals surface area contributed by atoms with Crippen molar-refractivity contribution < 1.29 is 9.53 Å². The van der Waals surface area contributed by atoms with E-state index in [0.717, 1.165) is 48.3 Å². The number of methoxy groups -OCH3 is 1. The molecule has 4 nitrogen and oxygen atoms in total. The first-order chi connectivity index (χ1) is 9.61. The summed E-state index contributed by atoms with van der Waals surface area (Å²) in [6.07, 6.45) is 2.63. The number of anilines is 1. The fourth-order valence-electron chi connectivity index (χ4n) is 2.63. The Bertz CT molecular complexity index is 485. The third-order valence-corrected chi connectivity index (χ3v) is 4.83. The van der Waals surface area contributed by atoms with Crippen LogP contribution >= 0.6 is 15.9 Å². The highest BCUT2D eigenvalue weighted by molar-refractivity contribution is 9.10. The molecule has 1 aromatic rings. The molecule has 1 saturated heterocycles. The highest BCUT2D eigenvalue weighted by Gasteiger charge is 2.37. The first kappa shape index (κ1) is 15.3. The highest BCUT2D eigenvalue weighted by atomic mass is 79.9. The maximum atomic E-state index is 12.7. The molecule has 0 saturated carbocycles. The standard InChI is InChI=1S/C15H21BrN2O2/c1-3-15(6-8-17-9-7-15)14(19)18-13-10-11(20-2)4-5-12(13)16/h4-5,10,17H,3,6-9H2,1-2H3,(H,18,19). The van der Waals surface area contributed by atoms with Crippen LogP contribution in [0.25, 0.3) is 0 Å². The van der Waals surface area contributed by atoms with Gasteiger partial charge >= 0.3 is 0 Å². The van der Waals surface area contributed by atoms with Crippen LogP contribution < -0.4 is 15.4 Å². The number of nitrogens with one attached hydrogen (secondary N) is 2. The van der Waals surface area contributed by atoms with Gasteiger partial charge in [-0.1, -0.05) is 6.92 Å². The molecule has 2 N–H and O–H groups in total. The van der Waals surface area contributed by atoms with Gasteiger partial charge in [0, 0.05) is 10.5 Å². The van der Waals surface area contributed by atoms with Crippen LogP contribution in [0.4, 0.5) is 5.69 Å². The van der Waals surface area contributed by atoms with Crippen molar-refractivity contribution in [2.24, 2.45) is 5.41 Å². The number of carbonyl (C=O) groups is 1. The summed E-state index contributed by atoms with van der Waals surface area (Å²) < 4.78 is 6.07. The number of amides is 1. The maximum absolute atomic E-state index is 12.7. The smallest absolute Gasteiger partial charge is 0.230 e. The van der Waals surface area contributed by atoms with E-state index < -0.39 is 0 Å². The Labute approximate surface area is 128 Å². The molecule has 1 aliphatic heterocycles. The van der Waals surface area contributed by atoms with Crippen LogP contribution in [0, 0.1) is 5.41 Å². The van der Waals surface area contributed by atoms with E-state index in [1.54, 1.807) is 7.11 Å². The fourth-order valence-corrected chi connectivity index (χ4v) is 2.97. The van der Waals surface area contributed by atoms with Crippen LogP contribution in [0.3, 0.4) is 0 Å². The van der Waals surface area contributed by atoms with Gasteiger partial charge < -0.3 is 15.4 Å². The van der Waals surface area contributed by atoms with E-state index >= 15 is 0 Å². The molecule has 0 unspecified atom stereocenters. The molecule has 5 heteroatoms. The van der Waals surface area contributed by atoms with E-state index in [2.05, 4.69) is 33.5 Å². The van der Waals surface area contributed by atoms with Crippen LogP contribution in [0.15, 0.2) is 22.7 Å². The highest BCUT2D eigenvalue weighted by Crippen LogP contribution is 2.35. The zero-order valence-electron chi connectivity index (χ0n) is 12.0. The summed E-state index contributed by atoms with van der Waals surface area (Å²) in [6, 6.07) is 5.59. The monoisotopic (exact) mass is 340 g/mol. The summed E-state index contributed by atoms with van der Waals surface area (Å²) in [5.41, 5.74) is 0.508. The van der Waals surface area contributed by atoms with Crippen molar-refractivity contribution in [2.45, 2.75) is 26.2 Å². The van der Waals surface area contributed by atoms with Crippen molar-refractivity contribution in [3.63, 3.8) is 0 Å². The van der Waals surface area contributed by atoms with E-state index in [1.807, 2.05) is 18.2 Å². The predicted octanol–water partition coefficient (Wildman–Crippen LogP) is 3.18. The predicted molar refractivity (Wildman–Crippen MR) is 84.2 cm³/mol. The van der Waals surface area contributed by atoms with Gasteiger partial charge in [-0.25, -0.2) is 0 Å². The third kappa shape index (κ3) is 3.15. The first-order valence-corrected chi connectivity index (χ1v) is 7.76. The molecule has 1 fully saturated rings. The fraction of sp³-hybridized carbons (Fsp3) is 0.533. The van der Waals surface area contributed by atoms with E-state index in [1.165, 1.54) is 0 Å². The molecule has 0 spiro atoms. The molecule has 20 heavy (non-hydrogen) atoms. The zero-order valence-corrected chi connectivity index (χ0v) is 13.5. The quantitative estimate of drug-likeness (QED) is 0.884. The van der Waals surface area contributed by atoms with Gasteiger partial charge in [-0.3, -0.25) is 4.79 Å². The molecular formula is C15H21BrN2O2. The van der Waals surface area contributed by atoms with Crippen molar-refractivity contribution in [2.75, 3.05) is 25.5 Å². The minimum atomic E-state index is -0.256. The van der Waals surface area contributed by atoms with Gasteiger partial charge in [-0.05, 0) is 60.4 Å². The van der Waals surface area contributed by atoms with Crippen molar-refractivity contribution in [1.29, 1.82) is 0 Å². The molecular weight excluding hydrogens is 320 g/mol. The average molecular weight is 341 g/mol. The summed E-state index contributed by atoms with van der Waals surface area (Å²) >= 11 is 3.47. The molecule has 0 aliphatic carbocycles. The lowest BCUT2D eigenvalue weighted by atomic mass is 9.76. The van der Waals surface area contributed by atoms with E-state index in [-0.39, 0.29) is 11.3 Å². The lowest BCUT2D eigenvalue weighted by molar-refractivity contribution is -0.127. The first-order valence-electron chi connectivity index (χ1n) is 6.97. The molecule has 1 amide bonds. The lowest BCUT2D eigenvalue weighted by Gasteiger charge is -2.35. The molecule has 110 valence electrons. The molecule has 2 rings (SSSR count). The summed E-state index contributed by atoms with van der Waals surface area (Å²) in [6.45, 7) is 3.90. The topological polar surface area (TPSA) is 50.4 Å². The minimum Gasteiger partial charge on any atom is -0.497 e. The molecule has 1 aliphatic rings. The second-order valence-corrected chi connectivity index (χ2v) is 6.04. The zero-order chi connectivity index (χ0) is 14.6. The minimum absolute atomic E-state index is 0.107. The third-order valence-electron chi connectivity index (χ3n) is 4.14. The second-order valence-electron chi connectivity index (χ2n) is 5.18. The van der Waals surface area contributed by atoms with E-state index in [9.17, 15) is 4.79 Å². The SMILES string of the molecule is CCC1(C(=O)Nc2cc(OC)ccc2Br)CCNCC1. The maximum Gasteiger partial charge on any atom is 0.230 e. The number of hydrogen-bond acceptors (Lipinski definition) is 3. The number of halogens is 1. The summed E-state index contributed by atoms with van der Waals surface area (Å²) in [5.74, 6) is 0.842. The molecule has 1 heterocycles. The summed E-state index contributed by atoms with van der Waals surface area (Å²) in [5, 5.41) is 6.37. The van der Waals surface area contributed by atoms with Gasteiger partial charge in [0.25, 0.3) is 0 Å². The Balaban J connectivity index is 2.18. The average Bonchev–Trinajstić information content (AvgIpc) is 2.50. The number of carbonyl (C=O) groups excluding carboxylic acids is 1. The second kappa shape index (κ2) is 6.59. The number of rotatable bonds is 4. The number of ether oxygens (including phenoxy) is 1. The molecule has 0 radical (unpaired) electrons. The van der Waals surface area contributed by atoms with Crippen molar-refractivity contribution in [3.8, 4) is 5.75 Å². The summed E-state index contributed by atoms with van der Waals surface area (Å²) in [7, 11) is 1.62. The Morgan fingerprint density at radius 2 is 2.15 bits per heavy atom. The number of hydrogen-bond donors (Lipinski definition) is 2. The Kier molecular flexibility index (Phi) is 5.05. The van der Waals surface area contributed by atoms with E-state index in [4.69, 9.17) is 4.74 Å². The van der Waals surface area contributed by atoms with Crippen LogP contribution in [0.2, 0.25) is 0 Å². The Morgan fingerprint density at radius 1 is 1.45 bits per heavy atom. The van der Waals surface area contributed by atoms with Crippen LogP contribution in [-0.4, -0.2) is 26.1 Å². The molecule has 0 atom stereocenters. The van der Waals surface area contributed by atoms with Gasteiger partial charge in [0.2, 0.25) is 5.91 Å². The van der Waals surface area contributed by atoms with Crippen molar-refractivity contribution in [1.82, 2.24) is 5.32 Å². The molecule has 0 aromatic heterocycles. The van der Waals surface area contributed by atoms with Crippen LogP contribution in [-0.2, 0) is 4.79 Å². The van der Waals surface area contributed by atoms with Gasteiger partial charge in [0.1, 0.15) is 5.75 Å². The van der Waals surface area contributed by atoms with Crippen LogP contribution in [0.5, 0.6) is 5.75 Å². The lowest BCUT2D eigenvalue weighted by Crippen LogP contribution is -2.44. The van der Waals surface area contributed by atoms with E-state index in [0.29, 0.717) is 0 Å².